The molecule has 1 aliphatic heterocycles. The first-order chi connectivity index (χ1) is 15.1. The zero-order chi connectivity index (χ0) is 21.6. The van der Waals surface area contributed by atoms with Crippen molar-refractivity contribution in [1.82, 2.24) is 20.1 Å². The smallest absolute Gasteiger partial charge is 0.287 e. The molecule has 1 atom stereocenters. The fourth-order valence-electron chi connectivity index (χ4n) is 3.92. The Hall–Kier alpha value is -2.94. The van der Waals surface area contributed by atoms with E-state index in [2.05, 4.69) is 20.1 Å². The summed E-state index contributed by atoms with van der Waals surface area (Å²) in [6.45, 7) is 5.47. The molecule has 1 amide bonds. The number of amides is 1. The molecule has 1 fully saturated rings. The Morgan fingerprint density at radius 2 is 2.03 bits per heavy atom. The van der Waals surface area contributed by atoms with Gasteiger partial charge in [-0.05, 0) is 42.0 Å². The van der Waals surface area contributed by atoms with Crippen LogP contribution in [0.25, 0.3) is 10.9 Å². The maximum Gasteiger partial charge on any atom is 0.287 e. The minimum atomic E-state index is -0.600. The predicted molar refractivity (Wildman–Crippen MR) is 117 cm³/mol. The highest BCUT2D eigenvalue weighted by Gasteiger charge is 2.21. The molecular formula is C23H28N4O4. The Kier molecular flexibility index (Phi) is 6.81. The van der Waals surface area contributed by atoms with Gasteiger partial charge in [-0.3, -0.25) is 19.6 Å². The predicted octanol–water partition coefficient (Wildman–Crippen LogP) is 1.92. The molecule has 1 aromatic carbocycles. The number of fused-ring (bicyclic) bond motifs is 1. The molecule has 0 unspecified atom stereocenters. The summed E-state index contributed by atoms with van der Waals surface area (Å²) in [5.74, 6) is 0.898. The third kappa shape index (κ3) is 5.22. The van der Waals surface area contributed by atoms with E-state index in [1.54, 1.807) is 25.4 Å². The standard InChI is InChI=1S/C23H28N4O4/c1-30-17-4-5-20-19(15-17)18(6-7-24-20)21(28)16-27-12-10-26(11-13-27)9-8-25-23(29)22-3-2-14-31-22/h2-7,14-15,21,28H,8-13,16H2,1H3,(H,25,29)/t21-/m0/s1. The van der Waals surface area contributed by atoms with Crippen LogP contribution in [0.15, 0.2) is 53.3 Å². The van der Waals surface area contributed by atoms with Crippen molar-refractivity contribution in [3.05, 3.63) is 60.2 Å². The summed E-state index contributed by atoms with van der Waals surface area (Å²) in [5.41, 5.74) is 1.71. The lowest BCUT2D eigenvalue weighted by molar-refractivity contribution is 0.0722. The Balaban J connectivity index is 1.26. The lowest BCUT2D eigenvalue weighted by Gasteiger charge is -2.35. The molecule has 0 saturated carbocycles. The molecule has 0 aliphatic carbocycles. The average molecular weight is 425 g/mol. The third-order valence-corrected chi connectivity index (χ3v) is 5.70. The number of furan rings is 1. The fraction of sp³-hybridized carbons (Fsp3) is 0.391. The topological polar surface area (TPSA) is 91.1 Å². The summed E-state index contributed by atoms with van der Waals surface area (Å²) in [6, 6.07) is 10.9. The third-order valence-electron chi connectivity index (χ3n) is 5.70. The number of hydrogen-bond donors (Lipinski definition) is 2. The zero-order valence-corrected chi connectivity index (χ0v) is 17.7. The van der Waals surface area contributed by atoms with E-state index in [0.717, 1.165) is 54.9 Å². The first kappa shape index (κ1) is 21.3. The minimum absolute atomic E-state index is 0.187. The normalized spacial score (nSPS) is 16.3. The number of piperazine rings is 1. The summed E-state index contributed by atoms with van der Waals surface area (Å²) in [6.07, 6.45) is 2.63. The molecule has 8 nitrogen and oxygen atoms in total. The number of benzene rings is 1. The molecule has 2 aromatic heterocycles. The average Bonchev–Trinajstić information content (AvgIpc) is 3.34. The molecule has 8 heteroatoms. The Morgan fingerprint density at radius 1 is 1.23 bits per heavy atom. The highest BCUT2D eigenvalue weighted by molar-refractivity contribution is 5.91. The molecule has 0 radical (unpaired) electrons. The first-order valence-corrected chi connectivity index (χ1v) is 10.5. The van der Waals surface area contributed by atoms with Crippen molar-refractivity contribution in [2.24, 2.45) is 0 Å². The van der Waals surface area contributed by atoms with E-state index in [4.69, 9.17) is 9.15 Å². The summed E-state index contributed by atoms with van der Waals surface area (Å²) in [5, 5.41) is 14.7. The summed E-state index contributed by atoms with van der Waals surface area (Å²) < 4.78 is 10.4. The molecule has 3 aromatic rings. The number of pyridine rings is 1. The molecule has 4 rings (SSSR count). The number of rotatable bonds is 8. The molecular weight excluding hydrogens is 396 g/mol. The van der Waals surface area contributed by atoms with Crippen molar-refractivity contribution in [3.63, 3.8) is 0 Å². The molecule has 3 heterocycles. The number of ether oxygens (including phenoxy) is 1. The number of aliphatic hydroxyl groups is 1. The molecule has 0 spiro atoms. The van der Waals surface area contributed by atoms with Gasteiger partial charge >= 0.3 is 0 Å². The van der Waals surface area contributed by atoms with Gasteiger partial charge in [0.2, 0.25) is 0 Å². The van der Waals surface area contributed by atoms with E-state index in [0.29, 0.717) is 18.8 Å². The SMILES string of the molecule is COc1ccc2nccc([C@@H](O)CN3CCN(CCNC(=O)c4ccco4)CC3)c2c1. The highest BCUT2D eigenvalue weighted by Crippen LogP contribution is 2.27. The number of methoxy groups -OCH3 is 1. The highest BCUT2D eigenvalue weighted by atomic mass is 16.5. The van der Waals surface area contributed by atoms with E-state index < -0.39 is 6.10 Å². The Labute approximate surface area is 181 Å². The lowest BCUT2D eigenvalue weighted by Crippen LogP contribution is -2.49. The van der Waals surface area contributed by atoms with Gasteiger partial charge in [0.05, 0.1) is 25.0 Å². The number of aromatic nitrogens is 1. The van der Waals surface area contributed by atoms with Gasteiger partial charge in [-0.1, -0.05) is 0 Å². The number of nitrogens with one attached hydrogen (secondary N) is 1. The van der Waals surface area contributed by atoms with Crippen molar-refractivity contribution in [3.8, 4) is 5.75 Å². The van der Waals surface area contributed by atoms with Gasteiger partial charge in [-0.15, -0.1) is 0 Å². The van der Waals surface area contributed by atoms with Crippen LogP contribution in [0.5, 0.6) is 5.75 Å². The zero-order valence-electron chi connectivity index (χ0n) is 17.7. The van der Waals surface area contributed by atoms with Gasteiger partial charge in [-0.2, -0.15) is 0 Å². The van der Waals surface area contributed by atoms with E-state index in [-0.39, 0.29) is 5.91 Å². The first-order valence-electron chi connectivity index (χ1n) is 10.5. The van der Waals surface area contributed by atoms with Crippen LogP contribution < -0.4 is 10.1 Å². The minimum Gasteiger partial charge on any atom is -0.497 e. The Bertz CT molecular complexity index is 1000. The van der Waals surface area contributed by atoms with Crippen LogP contribution in [0.4, 0.5) is 0 Å². The summed E-state index contributed by atoms with van der Waals surface area (Å²) in [4.78, 5) is 20.9. The van der Waals surface area contributed by atoms with Gasteiger partial charge in [0, 0.05) is 57.4 Å². The number of carbonyl (C=O) groups excluding carboxylic acids is 1. The Morgan fingerprint density at radius 3 is 2.77 bits per heavy atom. The second kappa shape index (κ2) is 9.91. The van der Waals surface area contributed by atoms with Crippen LogP contribution in [-0.2, 0) is 0 Å². The maximum absolute atomic E-state index is 11.9. The van der Waals surface area contributed by atoms with Crippen molar-refractivity contribution in [2.45, 2.75) is 6.10 Å². The number of nitrogens with zero attached hydrogens (tertiary/aromatic N) is 3. The molecule has 1 saturated heterocycles. The molecule has 0 bridgehead atoms. The van der Waals surface area contributed by atoms with Crippen molar-refractivity contribution >= 4 is 16.8 Å². The van der Waals surface area contributed by atoms with Gasteiger partial charge in [-0.25, -0.2) is 0 Å². The van der Waals surface area contributed by atoms with Crippen LogP contribution in [0.2, 0.25) is 0 Å². The van der Waals surface area contributed by atoms with Gasteiger partial charge < -0.3 is 19.6 Å². The monoisotopic (exact) mass is 424 g/mol. The largest absolute Gasteiger partial charge is 0.497 e. The molecule has 2 N–H and O–H groups in total. The summed E-state index contributed by atoms with van der Waals surface area (Å²) in [7, 11) is 1.63. The van der Waals surface area contributed by atoms with Crippen molar-refractivity contribution < 1.29 is 19.1 Å². The van der Waals surface area contributed by atoms with Crippen LogP contribution in [0.1, 0.15) is 22.2 Å². The van der Waals surface area contributed by atoms with Gasteiger partial charge in [0.1, 0.15) is 5.75 Å². The fourth-order valence-corrected chi connectivity index (χ4v) is 3.92. The van der Waals surface area contributed by atoms with E-state index in [9.17, 15) is 9.90 Å². The molecule has 164 valence electrons. The number of aliphatic hydroxyl groups excluding tert-OH is 1. The maximum atomic E-state index is 11.9. The van der Waals surface area contributed by atoms with Crippen LogP contribution in [0, 0.1) is 0 Å². The van der Waals surface area contributed by atoms with E-state index in [1.165, 1.54) is 6.26 Å². The number of β-amino-alcohol motifs (C(OH)–C–C–N with tert-alkyl or cyclic N) is 1. The van der Waals surface area contributed by atoms with Crippen molar-refractivity contribution in [1.29, 1.82) is 0 Å². The lowest BCUT2D eigenvalue weighted by atomic mass is 10.0. The number of carbonyl (C=O) groups is 1. The molecule has 31 heavy (non-hydrogen) atoms. The molecule has 1 aliphatic rings. The van der Waals surface area contributed by atoms with Crippen molar-refractivity contribution in [2.75, 3.05) is 52.9 Å². The summed E-state index contributed by atoms with van der Waals surface area (Å²) >= 11 is 0. The second-order valence-electron chi connectivity index (χ2n) is 7.67. The quantitative estimate of drug-likeness (QED) is 0.571. The van der Waals surface area contributed by atoms with Crippen LogP contribution in [-0.4, -0.2) is 78.7 Å². The van der Waals surface area contributed by atoms with Gasteiger partial charge in [0.25, 0.3) is 5.91 Å². The van der Waals surface area contributed by atoms with E-state index in [1.807, 2.05) is 24.3 Å². The van der Waals surface area contributed by atoms with E-state index >= 15 is 0 Å². The van der Waals surface area contributed by atoms with Crippen LogP contribution >= 0.6 is 0 Å². The van der Waals surface area contributed by atoms with Gasteiger partial charge in [0.15, 0.2) is 5.76 Å². The number of hydrogen-bond acceptors (Lipinski definition) is 7. The second-order valence-corrected chi connectivity index (χ2v) is 7.67. The van der Waals surface area contributed by atoms with Crippen LogP contribution in [0.3, 0.4) is 0 Å².